The minimum Gasteiger partial charge on any atom is -0.381 e. The molecule has 1 atom stereocenters. The summed E-state index contributed by atoms with van der Waals surface area (Å²) in [7, 11) is 6.89. The fraction of sp³-hybridized carbons (Fsp3) is 0.833. The fourth-order valence-electron chi connectivity index (χ4n) is 3.49. The molecule has 0 aromatic heterocycles. The van der Waals surface area contributed by atoms with E-state index in [0.29, 0.717) is 5.96 Å². The van der Waals surface area contributed by atoms with Crippen LogP contribution in [0.15, 0.2) is 4.99 Å². The summed E-state index contributed by atoms with van der Waals surface area (Å²) in [6, 6.07) is 0. The van der Waals surface area contributed by atoms with Crippen LogP contribution in [0.2, 0.25) is 0 Å². The second-order valence-corrected chi connectivity index (χ2v) is 7.75. The molecule has 1 spiro atoms. The standard InChI is InChI=1S/C18H33N5O3/c1-21(2)15(24)11-19-17(20-12-16(25)22(3)4)23-9-5-7-18(13-23)8-6-10-26-14-18/h5-14H2,1-4H3,(H,19,20). The first-order valence-corrected chi connectivity index (χ1v) is 9.34. The van der Waals surface area contributed by atoms with Crippen LogP contribution in [0.4, 0.5) is 0 Å². The van der Waals surface area contributed by atoms with Gasteiger partial charge in [0.2, 0.25) is 11.8 Å². The Morgan fingerprint density at radius 1 is 1.12 bits per heavy atom. The maximum Gasteiger partial charge on any atom is 0.243 e. The van der Waals surface area contributed by atoms with Crippen molar-refractivity contribution < 1.29 is 14.3 Å². The van der Waals surface area contributed by atoms with Crippen molar-refractivity contribution >= 4 is 17.8 Å². The number of carbonyl (C=O) groups is 2. The number of likely N-dealkylation sites (N-methyl/N-ethyl adjacent to an activating group) is 2. The molecule has 0 aliphatic carbocycles. The van der Waals surface area contributed by atoms with Crippen LogP contribution in [0.3, 0.4) is 0 Å². The van der Waals surface area contributed by atoms with E-state index in [1.807, 2.05) is 0 Å². The maximum absolute atomic E-state index is 12.0. The van der Waals surface area contributed by atoms with Crippen LogP contribution in [-0.4, -0.2) is 100 Å². The third kappa shape index (κ3) is 5.59. The van der Waals surface area contributed by atoms with Crippen molar-refractivity contribution in [2.24, 2.45) is 10.4 Å². The molecule has 0 aromatic carbocycles. The van der Waals surface area contributed by atoms with Crippen LogP contribution in [0.25, 0.3) is 0 Å². The molecular formula is C18H33N5O3. The summed E-state index contributed by atoms with van der Waals surface area (Å²) < 4.78 is 5.74. The van der Waals surface area contributed by atoms with Crippen LogP contribution in [-0.2, 0) is 14.3 Å². The molecule has 8 nitrogen and oxygen atoms in total. The third-order valence-electron chi connectivity index (χ3n) is 5.12. The molecule has 0 aromatic rings. The van der Waals surface area contributed by atoms with Crippen molar-refractivity contribution in [3.63, 3.8) is 0 Å². The van der Waals surface area contributed by atoms with Gasteiger partial charge in [-0.3, -0.25) is 9.59 Å². The van der Waals surface area contributed by atoms with Gasteiger partial charge in [-0.25, -0.2) is 4.99 Å². The maximum atomic E-state index is 12.0. The first-order valence-electron chi connectivity index (χ1n) is 9.34. The minimum atomic E-state index is -0.0593. The lowest BCUT2D eigenvalue weighted by Gasteiger charge is -2.45. The zero-order valence-electron chi connectivity index (χ0n) is 16.6. The monoisotopic (exact) mass is 367 g/mol. The van der Waals surface area contributed by atoms with Gasteiger partial charge >= 0.3 is 0 Å². The van der Waals surface area contributed by atoms with E-state index >= 15 is 0 Å². The predicted molar refractivity (Wildman–Crippen MR) is 101 cm³/mol. The molecule has 2 aliphatic heterocycles. The van der Waals surface area contributed by atoms with E-state index in [0.717, 1.165) is 52.0 Å². The number of piperidine rings is 1. The molecule has 1 unspecified atom stereocenters. The highest BCUT2D eigenvalue weighted by molar-refractivity contribution is 5.88. The average molecular weight is 367 g/mol. The number of amides is 2. The van der Waals surface area contributed by atoms with Crippen molar-refractivity contribution in [3.8, 4) is 0 Å². The zero-order chi connectivity index (χ0) is 19.2. The van der Waals surface area contributed by atoms with E-state index in [-0.39, 0.29) is 30.3 Å². The van der Waals surface area contributed by atoms with E-state index in [2.05, 4.69) is 15.2 Å². The summed E-state index contributed by atoms with van der Waals surface area (Å²) in [5.74, 6) is 0.556. The summed E-state index contributed by atoms with van der Waals surface area (Å²) in [6.07, 6.45) is 4.47. The normalized spacial score (nSPS) is 23.7. The zero-order valence-corrected chi connectivity index (χ0v) is 16.6. The highest BCUT2D eigenvalue weighted by atomic mass is 16.5. The fourth-order valence-corrected chi connectivity index (χ4v) is 3.49. The van der Waals surface area contributed by atoms with Crippen molar-refractivity contribution in [3.05, 3.63) is 0 Å². The Balaban J connectivity index is 2.09. The molecule has 8 heteroatoms. The number of guanidine groups is 1. The summed E-state index contributed by atoms with van der Waals surface area (Å²) in [4.78, 5) is 33.7. The lowest BCUT2D eigenvalue weighted by Crippen LogP contribution is -2.54. The molecule has 0 bridgehead atoms. The van der Waals surface area contributed by atoms with E-state index in [4.69, 9.17) is 4.74 Å². The number of nitrogens with zero attached hydrogens (tertiary/aromatic N) is 4. The SMILES string of the molecule is CN(C)C(=O)CN=C(NCC(=O)N(C)C)N1CCCC2(CCCOC2)C1. The first-order chi connectivity index (χ1) is 12.3. The van der Waals surface area contributed by atoms with Crippen molar-refractivity contribution in [2.45, 2.75) is 25.7 Å². The summed E-state index contributed by atoms with van der Waals surface area (Å²) in [5, 5.41) is 3.16. The molecule has 2 aliphatic rings. The van der Waals surface area contributed by atoms with Gasteiger partial charge in [0.25, 0.3) is 0 Å². The number of carbonyl (C=O) groups excluding carboxylic acids is 2. The second-order valence-electron chi connectivity index (χ2n) is 7.75. The number of hydrogen-bond acceptors (Lipinski definition) is 4. The van der Waals surface area contributed by atoms with Gasteiger partial charge < -0.3 is 24.8 Å². The van der Waals surface area contributed by atoms with Crippen LogP contribution >= 0.6 is 0 Å². The van der Waals surface area contributed by atoms with Crippen LogP contribution in [0.5, 0.6) is 0 Å². The van der Waals surface area contributed by atoms with Gasteiger partial charge in [0.1, 0.15) is 6.54 Å². The molecule has 0 saturated carbocycles. The van der Waals surface area contributed by atoms with Gasteiger partial charge in [0.15, 0.2) is 5.96 Å². The Labute approximate surface area is 156 Å². The number of nitrogens with one attached hydrogen (secondary N) is 1. The van der Waals surface area contributed by atoms with Gasteiger partial charge in [0.05, 0.1) is 13.2 Å². The third-order valence-corrected chi connectivity index (χ3v) is 5.12. The van der Waals surface area contributed by atoms with E-state index in [9.17, 15) is 9.59 Å². The quantitative estimate of drug-likeness (QED) is 0.559. The highest BCUT2D eigenvalue weighted by Crippen LogP contribution is 2.37. The first kappa shape index (κ1) is 20.5. The molecule has 2 fully saturated rings. The van der Waals surface area contributed by atoms with Crippen molar-refractivity contribution in [1.82, 2.24) is 20.0 Å². The predicted octanol–water partition coefficient (Wildman–Crippen LogP) is 0.00100. The summed E-state index contributed by atoms with van der Waals surface area (Å²) >= 11 is 0. The molecule has 26 heavy (non-hydrogen) atoms. The average Bonchev–Trinajstić information content (AvgIpc) is 2.61. The number of hydrogen-bond donors (Lipinski definition) is 1. The van der Waals surface area contributed by atoms with Gasteiger partial charge in [-0.1, -0.05) is 0 Å². The highest BCUT2D eigenvalue weighted by Gasteiger charge is 2.38. The topological polar surface area (TPSA) is 77.5 Å². The smallest absolute Gasteiger partial charge is 0.243 e. The molecule has 2 saturated heterocycles. The lowest BCUT2D eigenvalue weighted by atomic mass is 9.76. The molecule has 148 valence electrons. The largest absolute Gasteiger partial charge is 0.381 e. The number of aliphatic imine (C=N–C) groups is 1. The van der Waals surface area contributed by atoms with Crippen molar-refractivity contribution in [1.29, 1.82) is 0 Å². The minimum absolute atomic E-state index is 0.0237. The molecule has 0 radical (unpaired) electrons. The van der Waals surface area contributed by atoms with E-state index in [1.54, 1.807) is 33.1 Å². The number of likely N-dealkylation sites (tertiary alicyclic amines) is 1. The lowest BCUT2D eigenvalue weighted by molar-refractivity contribution is -0.127. The molecule has 2 amide bonds. The Bertz CT molecular complexity index is 521. The summed E-state index contributed by atoms with van der Waals surface area (Å²) in [5.41, 5.74) is 0.163. The van der Waals surface area contributed by atoms with Gasteiger partial charge in [0, 0.05) is 53.3 Å². The van der Waals surface area contributed by atoms with E-state index in [1.165, 1.54) is 4.90 Å². The van der Waals surface area contributed by atoms with Gasteiger partial charge in [-0.05, 0) is 25.7 Å². The van der Waals surface area contributed by atoms with Crippen LogP contribution in [0.1, 0.15) is 25.7 Å². The van der Waals surface area contributed by atoms with Crippen molar-refractivity contribution in [2.75, 3.05) is 67.6 Å². The molecule has 2 rings (SSSR count). The number of ether oxygens (including phenoxy) is 1. The Morgan fingerprint density at radius 3 is 2.42 bits per heavy atom. The Morgan fingerprint density at radius 2 is 1.81 bits per heavy atom. The number of rotatable bonds is 4. The van der Waals surface area contributed by atoms with Gasteiger partial charge in [-0.15, -0.1) is 0 Å². The van der Waals surface area contributed by atoms with Gasteiger partial charge in [-0.2, -0.15) is 0 Å². The molecule has 2 heterocycles. The molecular weight excluding hydrogens is 334 g/mol. The van der Waals surface area contributed by atoms with Crippen LogP contribution < -0.4 is 5.32 Å². The van der Waals surface area contributed by atoms with E-state index < -0.39 is 0 Å². The Hall–Kier alpha value is -1.83. The second kappa shape index (κ2) is 9.21. The van der Waals surface area contributed by atoms with Crippen LogP contribution in [0, 0.1) is 5.41 Å². The molecule has 1 N–H and O–H groups in total. The summed E-state index contributed by atoms with van der Waals surface area (Å²) in [6.45, 7) is 3.60. The Kier molecular flexibility index (Phi) is 7.25.